The van der Waals surface area contributed by atoms with E-state index < -0.39 is 18.3 Å². The van der Waals surface area contributed by atoms with Crippen molar-refractivity contribution in [2.24, 2.45) is 0 Å². The highest BCUT2D eigenvalue weighted by Gasteiger charge is 2.52. The molecule has 1 saturated heterocycles. The summed E-state index contributed by atoms with van der Waals surface area (Å²) >= 11 is 5.99. The van der Waals surface area contributed by atoms with Gasteiger partial charge in [-0.25, -0.2) is 9.97 Å². The second-order valence-electron chi connectivity index (χ2n) is 5.73. The SMILES string of the molecule is CC1(C)OB(C(=Cc2cncnc2Cl)CO)OC1(C)C. The number of hydrogen-bond acceptors (Lipinski definition) is 5. The van der Waals surface area contributed by atoms with Crippen molar-refractivity contribution >= 4 is 24.8 Å². The molecule has 0 atom stereocenters. The Bertz CT molecular complexity index is 518. The summed E-state index contributed by atoms with van der Waals surface area (Å²) in [6.45, 7) is 7.64. The van der Waals surface area contributed by atoms with Crippen LogP contribution in [0.25, 0.3) is 6.08 Å². The number of hydrogen-bond donors (Lipinski definition) is 1. The van der Waals surface area contributed by atoms with Crippen molar-refractivity contribution in [1.82, 2.24) is 9.97 Å². The second kappa shape index (κ2) is 5.45. The third-order valence-electron chi connectivity index (χ3n) is 3.77. The molecule has 0 unspecified atom stereocenters. The van der Waals surface area contributed by atoms with Gasteiger partial charge in [-0.3, -0.25) is 0 Å². The number of aliphatic hydroxyl groups excluding tert-OH is 1. The van der Waals surface area contributed by atoms with E-state index in [9.17, 15) is 5.11 Å². The zero-order chi connectivity index (χ0) is 15.0. The van der Waals surface area contributed by atoms with Crippen molar-refractivity contribution in [2.75, 3.05) is 6.61 Å². The van der Waals surface area contributed by atoms with E-state index in [1.807, 2.05) is 27.7 Å². The molecular formula is C13H18BClN2O3. The molecule has 108 valence electrons. The maximum absolute atomic E-state index is 9.57. The highest BCUT2D eigenvalue weighted by atomic mass is 35.5. The van der Waals surface area contributed by atoms with E-state index in [1.165, 1.54) is 6.33 Å². The minimum absolute atomic E-state index is 0.192. The first-order valence-corrected chi connectivity index (χ1v) is 6.77. The molecule has 5 nitrogen and oxygen atoms in total. The van der Waals surface area contributed by atoms with Crippen LogP contribution in [0.4, 0.5) is 0 Å². The molecule has 0 radical (unpaired) electrons. The van der Waals surface area contributed by atoms with Crippen molar-refractivity contribution in [1.29, 1.82) is 0 Å². The number of aliphatic hydroxyl groups is 1. The van der Waals surface area contributed by atoms with Crippen LogP contribution in [0.1, 0.15) is 33.3 Å². The van der Waals surface area contributed by atoms with Gasteiger partial charge in [0.25, 0.3) is 0 Å². The van der Waals surface area contributed by atoms with Crippen molar-refractivity contribution in [3.05, 3.63) is 28.7 Å². The average molecular weight is 297 g/mol. The number of rotatable bonds is 3. The van der Waals surface area contributed by atoms with Gasteiger partial charge in [-0.05, 0) is 33.2 Å². The zero-order valence-electron chi connectivity index (χ0n) is 12.1. The monoisotopic (exact) mass is 296 g/mol. The van der Waals surface area contributed by atoms with Gasteiger partial charge in [0, 0.05) is 11.8 Å². The fourth-order valence-corrected chi connectivity index (χ4v) is 1.95. The molecular weight excluding hydrogens is 278 g/mol. The molecule has 1 aliphatic rings. The van der Waals surface area contributed by atoms with E-state index >= 15 is 0 Å². The van der Waals surface area contributed by atoms with E-state index in [0.717, 1.165) is 0 Å². The van der Waals surface area contributed by atoms with E-state index in [4.69, 9.17) is 20.9 Å². The van der Waals surface area contributed by atoms with Crippen molar-refractivity contribution in [2.45, 2.75) is 38.9 Å². The first-order valence-electron chi connectivity index (χ1n) is 6.39. The number of aromatic nitrogens is 2. The second-order valence-corrected chi connectivity index (χ2v) is 6.09. The molecule has 0 saturated carbocycles. The Kier molecular flexibility index (Phi) is 4.20. The van der Waals surface area contributed by atoms with Crippen LogP contribution in [-0.4, -0.2) is 40.0 Å². The predicted molar refractivity (Wildman–Crippen MR) is 78.2 cm³/mol. The van der Waals surface area contributed by atoms with E-state index in [1.54, 1.807) is 12.3 Å². The largest absolute Gasteiger partial charge is 0.492 e. The Balaban J connectivity index is 2.29. The molecule has 1 aromatic rings. The lowest BCUT2D eigenvalue weighted by atomic mass is 9.78. The van der Waals surface area contributed by atoms with Crippen molar-refractivity contribution < 1.29 is 14.4 Å². The number of halogens is 1. The quantitative estimate of drug-likeness (QED) is 0.684. The van der Waals surface area contributed by atoms with Gasteiger partial charge in [0.15, 0.2) is 0 Å². The van der Waals surface area contributed by atoms with Crippen molar-refractivity contribution in [3.8, 4) is 0 Å². The summed E-state index contributed by atoms with van der Waals surface area (Å²) in [5.41, 5.74) is 0.291. The van der Waals surface area contributed by atoms with Gasteiger partial charge < -0.3 is 14.4 Å². The summed E-state index contributed by atoms with van der Waals surface area (Å²) in [4.78, 5) is 7.81. The average Bonchev–Trinajstić information content (AvgIpc) is 2.57. The normalized spacial score (nSPS) is 21.3. The van der Waals surface area contributed by atoms with Crippen LogP contribution in [0.3, 0.4) is 0 Å². The summed E-state index contributed by atoms with van der Waals surface area (Å²) < 4.78 is 11.8. The van der Waals surface area contributed by atoms with E-state index in [2.05, 4.69) is 9.97 Å². The van der Waals surface area contributed by atoms with Crippen LogP contribution in [0.5, 0.6) is 0 Å². The lowest BCUT2D eigenvalue weighted by Gasteiger charge is -2.32. The summed E-state index contributed by atoms with van der Waals surface area (Å²) in [7, 11) is -0.610. The highest BCUT2D eigenvalue weighted by Crippen LogP contribution is 2.38. The summed E-state index contributed by atoms with van der Waals surface area (Å²) in [5, 5.41) is 9.89. The third-order valence-corrected chi connectivity index (χ3v) is 4.08. The molecule has 1 aromatic heterocycles. The van der Waals surface area contributed by atoms with Gasteiger partial charge in [0.05, 0.1) is 17.8 Å². The Hall–Kier alpha value is -0.945. The summed E-state index contributed by atoms with van der Waals surface area (Å²) in [6.07, 6.45) is 4.65. The Labute approximate surface area is 124 Å². The van der Waals surface area contributed by atoms with Gasteiger partial charge in [0.2, 0.25) is 0 Å². The molecule has 1 N–H and O–H groups in total. The topological polar surface area (TPSA) is 64.5 Å². The Morgan fingerprint density at radius 2 is 1.95 bits per heavy atom. The van der Waals surface area contributed by atoms with Gasteiger partial charge in [-0.15, -0.1) is 0 Å². The van der Waals surface area contributed by atoms with Crippen LogP contribution >= 0.6 is 11.6 Å². The van der Waals surface area contributed by atoms with E-state index in [0.29, 0.717) is 16.2 Å². The zero-order valence-corrected chi connectivity index (χ0v) is 12.8. The van der Waals surface area contributed by atoms with Crippen LogP contribution in [0.2, 0.25) is 5.15 Å². The van der Waals surface area contributed by atoms with Gasteiger partial charge in [0.1, 0.15) is 11.5 Å². The molecule has 0 amide bonds. The minimum atomic E-state index is -0.610. The number of nitrogens with zero attached hydrogens (tertiary/aromatic N) is 2. The molecule has 2 heterocycles. The molecule has 0 bridgehead atoms. The van der Waals surface area contributed by atoms with E-state index in [-0.39, 0.29) is 6.61 Å². The van der Waals surface area contributed by atoms with Crippen LogP contribution in [-0.2, 0) is 9.31 Å². The smallest absolute Gasteiger partial charge is 0.400 e. The van der Waals surface area contributed by atoms with Gasteiger partial charge in [-0.1, -0.05) is 17.7 Å². The maximum Gasteiger partial charge on any atom is 0.492 e. The Morgan fingerprint density at radius 1 is 1.35 bits per heavy atom. The maximum atomic E-state index is 9.57. The third kappa shape index (κ3) is 2.88. The highest BCUT2D eigenvalue weighted by molar-refractivity contribution is 6.56. The summed E-state index contributed by atoms with van der Waals surface area (Å²) in [6, 6.07) is 0. The van der Waals surface area contributed by atoms with Crippen LogP contribution in [0, 0.1) is 0 Å². The first kappa shape index (κ1) is 15.4. The molecule has 2 rings (SSSR count). The molecule has 1 aliphatic heterocycles. The Morgan fingerprint density at radius 3 is 2.45 bits per heavy atom. The molecule has 7 heteroatoms. The minimum Gasteiger partial charge on any atom is -0.400 e. The van der Waals surface area contributed by atoms with Crippen molar-refractivity contribution in [3.63, 3.8) is 0 Å². The first-order chi connectivity index (χ1) is 9.27. The standard InChI is InChI=1S/C13H18BClN2O3/c1-12(2)13(3,4)20-14(19-12)10(7-18)5-9-6-16-8-17-11(9)15/h5-6,8,18H,7H2,1-4H3. The lowest BCUT2D eigenvalue weighted by Crippen LogP contribution is -2.41. The molecule has 1 fully saturated rings. The summed E-state index contributed by atoms with van der Waals surface area (Å²) in [5.74, 6) is 0. The molecule has 0 spiro atoms. The van der Waals surface area contributed by atoms with Gasteiger partial charge in [-0.2, -0.15) is 0 Å². The molecule has 0 aliphatic carbocycles. The van der Waals surface area contributed by atoms with Crippen LogP contribution < -0.4 is 0 Å². The molecule has 20 heavy (non-hydrogen) atoms. The predicted octanol–water partition coefficient (Wildman–Crippen LogP) is 2.14. The lowest BCUT2D eigenvalue weighted by molar-refractivity contribution is 0.00578. The fourth-order valence-electron chi connectivity index (χ4n) is 1.80. The van der Waals surface area contributed by atoms with Gasteiger partial charge >= 0.3 is 7.12 Å². The molecule has 0 aromatic carbocycles. The fraction of sp³-hybridized carbons (Fsp3) is 0.538. The van der Waals surface area contributed by atoms with Crippen LogP contribution in [0.15, 0.2) is 18.0 Å².